The Morgan fingerprint density at radius 2 is 0.558 bits per heavy atom. The van der Waals surface area contributed by atoms with Crippen molar-refractivity contribution in [2.24, 2.45) is 0 Å². The molecule has 0 aromatic heterocycles. The monoisotopic (exact) mass is 753 g/mol. The largest absolute Gasteiger partial charge is 3.00 e. The maximum Gasteiger partial charge on any atom is 3.00 e. The predicted molar refractivity (Wildman–Crippen MR) is 190 cm³/mol. The summed E-state index contributed by atoms with van der Waals surface area (Å²) in [4.78, 5) is 23.3. The molecule has 12 aliphatic heterocycles. The van der Waals surface area contributed by atoms with E-state index in [2.05, 4.69) is 80.8 Å². The van der Waals surface area contributed by atoms with Crippen LogP contribution in [0.4, 0.5) is 0 Å². The van der Waals surface area contributed by atoms with E-state index in [1.807, 2.05) is 0 Å². The zero-order valence-corrected chi connectivity index (χ0v) is 31.3. The average Bonchev–Trinajstić information content (AvgIpc) is 2.89. The molecule has 0 aromatic rings. The summed E-state index contributed by atoms with van der Waals surface area (Å²) in [6, 6.07) is 0. The number of aliphatic hydroxyl groups excluding tert-OH is 1. The fourth-order valence-corrected chi connectivity index (χ4v) is 15.5. The van der Waals surface area contributed by atoms with Crippen LogP contribution >= 0.6 is 60.4 Å². The first-order valence-electron chi connectivity index (χ1n) is 14.0. The first kappa shape index (κ1) is 40.0. The minimum Gasteiger partial charge on any atom is -0.753 e. The van der Waals surface area contributed by atoms with Crippen LogP contribution in [0.2, 0.25) is 0 Å². The Hall–Kier alpha value is 0.796. The van der Waals surface area contributed by atoms with Gasteiger partial charge in [-0.1, -0.05) is 36.7 Å². The second kappa shape index (κ2) is 21.6. The second-order valence-electron chi connectivity index (χ2n) is 11.6. The summed E-state index contributed by atoms with van der Waals surface area (Å²) in [5.41, 5.74) is 0. The molecule has 12 bridgehead atoms. The molecule has 1 N–H and O–H groups in total. The number of nitrogens with zero attached hydrogens (tertiary/aromatic N) is 12. The predicted octanol–water partition coefficient (Wildman–Crippen LogP) is 1.65. The fraction of sp³-hybridized carbons (Fsp3) is 0.870. The molecular weight excluding hydrogens is 708 g/mol. The van der Waals surface area contributed by atoms with Crippen LogP contribution in [0.5, 0.6) is 0 Å². The molecule has 0 aliphatic carbocycles. The number of hydrogen-bond donors (Lipinski definition) is 1. The van der Waals surface area contributed by atoms with Gasteiger partial charge in [0.25, 0.3) is 0 Å². The van der Waals surface area contributed by atoms with E-state index in [-0.39, 0.29) is 47.2 Å². The zero-order chi connectivity index (χ0) is 30.5. The topological polar surface area (TPSA) is 116 Å². The quantitative estimate of drug-likeness (QED) is 0.220. The molecular formula is C23H45CoN12OP3S3+3. The van der Waals surface area contributed by atoms with E-state index in [9.17, 15) is 0 Å². The van der Waals surface area contributed by atoms with Gasteiger partial charge in [-0.15, -0.1) is 0 Å². The molecule has 20 heteroatoms. The Balaban J connectivity index is 0.000000189. The molecule has 12 aliphatic rings. The number of hydrogen-bond acceptors (Lipinski definition) is 13. The summed E-state index contributed by atoms with van der Waals surface area (Å²) in [5, 5.41) is 33.0. The molecule has 242 valence electrons. The SMILES string of the molecule is C1N2CN3CN1C[PH+](C2)C3.C1N2CN3CN1C[PH+](C2)C3.C1N2CN3CN1C[PH+](C2)C3.CCO.[Co+3].[N-]=C=S.[N-]=C=S.[N-]=C=S. The van der Waals surface area contributed by atoms with Gasteiger partial charge in [-0.25, -0.2) is 44.1 Å². The van der Waals surface area contributed by atoms with E-state index in [0.717, 1.165) is 0 Å². The summed E-state index contributed by atoms with van der Waals surface area (Å²) >= 11 is 11.1. The Labute approximate surface area is 286 Å². The van der Waals surface area contributed by atoms with Crippen molar-refractivity contribution in [3.63, 3.8) is 0 Å². The van der Waals surface area contributed by atoms with E-state index < -0.39 is 0 Å². The van der Waals surface area contributed by atoms with Gasteiger partial charge < -0.3 is 21.3 Å². The van der Waals surface area contributed by atoms with E-state index in [0.29, 0.717) is 0 Å². The molecule has 0 saturated carbocycles. The van der Waals surface area contributed by atoms with Crippen molar-refractivity contribution in [1.29, 1.82) is 0 Å². The first-order chi connectivity index (χ1) is 20.4. The van der Waals surface area contributed by atoms with Gasteiger partial charge in [0.1, 0.15) is 56.6 Å². The van der Waals surface area contributed by atoms with Crippen LogP contribution in [0, 0.1) is 0 Å². The second-order valence-corrected chi connectivity index (χ2v) is 19.5. The van der Waals surface area contributed by atoms with E-state index in [4.69, 9.17) is 21.3 Å². The third kappa shape index (κ3) is 13.4. The van der Waals surface area contributed by atoms with Crippen LogP contribution in [-0.2, 0) is 16.8 Å². The minimum absolute atomic E-state index is 0. The van der Waals surface area contributed by atoms with Crippen molar-refractivity contribution in [2.45, 2.75) is 6.92 Å². The van der Waals surface area contributed by atoms with Gasteiger partial charge in [0.2, 0.25) is 0 Å². The normalized spacial score (nSPS) is 41.2. The Kier molecular flexibility index (Phi) is 20.1. The molecule has 13 nitrogen and oxygen atoms in total. The van der Waals surface area contributed by atoms with Gasteiger partial charge in [0, 0.05) is 30.4 Å². The Bertz CT molecular complexity index is 661. The van der Waals surface area contributed by atoms with Crippen molar-refractivity contribution >= 4 is 75.9 Å². The summed E-state index contributed by atoms with van der Waals surface area (Å²) in [5.74, 6) is 0. The van der Waals surface area contributed by atoms with Gasteiger partial charge in [-0.05, 0) is 6.92 Å². The van der Waals surface area contributed by atoms with Crippen molar-refractivity contribution in [2.75, 3.05) is 123 Å². The number of aliphatic hydroxyl groups is 1. The van der Waals surface area contributed by atoms with Crippen LogP contribution in [0.1, 0.15) is 6.92 Å². The maximum atomic E-state index is 7.57. The molecule has 12 fully saturated rings. The Morgan fingerprint density at radius 3 is 0.628 bits per heavy atom. The number of isothiocyanates is 3. The third-order valence-electron chi connectivity index (χ3n) is 7.62. The number of thiocarbonyl (C=S) groups is 3. The van der Waals surface area contributed by atoms with Crippen LogP contribution in [-0.4, -0.2) is 188 Å². The van der Waals surface area contributed by atoms with Crippen molar-refractivity contribution in [3.8, 4) is 0 Å². The molecule has 43 heavy (non-hydrogen) atoms. The van der Waals surface area contributed by atoms with Gasteiger partial charge in [-0.2, -0.15) is 15.5 Å². The smallest absolute Gasteiger partial charge is 0.753 e. The molecule has 0 spiro atoms. The maximum absolute atomic E-state index is 7.57. The van der Waals surface area contributed by atoms with Crippen LogP contribution in [0.15, 0.2) is 0 Å². The molecule has 12 heterocycles. The molecule has 0 radical (unpaired) electrons. The van der Waals surface area contributed by atoms with E-state index in [1.54, 1.807) is 6.92 Å². The third-order valence-corrected chi connectivity index (χ3v) is 15.7. The van der Waals surface area contributed by atoms with Gasteiger partial charge in [0.05, 0.1) is 60.0 Å². The fourth-order valence-electron chi connectivity index (χ4n) is 7.14. The molecule has 12 rings (SSSR count). The molecule has 12 saturated heterocycles. The van der Waals surface area contributed by atoms with Crippen molar-refractivity contribution < 1.29 is 21.9 Å². The Morgan fingerprint density at radius 1 is 0.465 bits per heavy atom. The molecule has 0 atom stereocenters. The van der Waals surface area contributed by atoms with E-state index in [1.165, 1.54) is 132 Å². The van der Waals surface area contributed by atoms with Crippen LogP contribution < -0.4 is 0 Å². The minimum atomic E-state index is 0. The van der Waals surface area contributed by atoms with Gasteiger partial charge >= 0.3 is 16.8 Å². The summed E-state index contributed by atoms with van der Waals surface area (Å²) < 4.78 is 0. The zero-order valence-electron chi connectivity index (χ0n) is 24.8. The van der Waals surface area contributed by atoms with E-state index >= 15 is 0 Å². The summed E-state index contributed by atoms with van der Waals surface area (Å²) in [7, 11) is 0.0891. The standard InChI is InChI=1S/3C6H12N3P.C2H6O.3CNS.Co/c3*1-7-2-9-3-8(1)5-10(4-7)6-9;1-2-3;3*2-1-3;/h3*1-6H2;3H,2H2,1H3;;;;/q;;;;3*-1;+3/p+3. The molecule has 0 unspecified atom stereocenters. The first-order valence-corrected chi connectivity index (χ1v) is 21.6. The molecule has 0 amide bonds. The van der Waals surface area contributed by atoms with Crippen molar-refractivity contribution in [3.05, 3.63) is 16.2 Å². The van der Waals surface area contributed by atoms with Crippen LogP contribution in [0.3, 0.4) is 0 Å². The van der Waals surface area contributed by atoms with Crippen LogP contribution in [0.25, 0.3) is 16.2 Å². The van der Waals surface area contributed by atoms with Gasteiger partial charge in [-0.3, -0.25) is 0 Å². The van der Waals surface area contributed by atoms with Crippen molar-refractivity contribution in [1.82, 2.24) is 44.1 Å². The average molecular weight is 754 g/mol. The number of rotatable bonds is 0. The molecule has 0 aromatic carbocycles. The van der Waals surface area contributed by atoms with Gasteiger partial charge in [0.15, 0.2) is 0 Å². The summed E-state index contributed by atoms with van der Waals surface area (Å²) in [6.45, 7) is 13.2. The summed E-state index contributed by atoms with van der Waals surface area (Å²) in [6.07, 6.45) is 13.1.